The van der Waals surface area contributed by atoms with Crippen molar-refractivity contribution in [3.05, 3.63) is 88.4 Å². The zero-order chi connectivity index (χ0) is 30.1. The highest BCUT2D eigenvalue weighted by Gasteiger charge is 2.28. The van der Waals surface area contributed by atoms with Gasteiger partial charge >= 0.3 is 0 Å². The molecule has 0 spiro atoms. The van der Waals surface area contributed by atoms with Crippen LogP contribution >= 0.6 is 11.6 Å². The Hall–Kier alpha value is -3.93. The molecule has 42 heavy (non-hydrogen) atoms. The summed E-state index contributed by atoms with van der Waals surface area (Å²) in [6.07, 6.45) is 3.43. The lowest BCUT2D eigenvalue weighted by Crippen LogP contribution is -2.40. The molecule has 4 rings (SSSR count). The van der Waals surface area contributed by atoms with Gasteiger partial charge in [-0.3, -0.25) is 13.9 Å². The maximum Gasteiger partial charge on any atom is 0.264 e. The molecule has 222 valence electrons. The van der Waals surface area contributed by atoms with Crippen LogP contribution in [0.1, 0.15) is 29.5 Å². The standard InChI is InChI=1S/C30H33ClN4O6S/c1-21-8-14-26(15-9-21)42(38,39)35(28-7-3-6-27(31)22(28)2)19-29(36)34-33-17-23-10-12-24(13-11-23)41-20-30(37)32-18-25-5-4-16-40-25/h3,6-15,17,25H,4-5,16,18-20H2,1-2H3,(H,32,37)(H,34,36)/b33-17-/t25-/m0/s1. The molecule has 1 heterocycles. The summed E-state index contributed by atoms with van der Waals surface area (Å²) in [6, 6.07) is 18.0. The van der Waals surface area contributed by atoms with E-state index in [1.54, 1.807) is 61.5 Å². The maximum absolute atomic E-state index is 13.6. The van der Waals surface area contributed by atoms with Gasteiger partial charge in [-0.15, -0.1) is 0 Å². The number of ether oxygens (including phenoxy) is 2. The fourth-order valence-electron chi connectivity index (χ4n) is 4.23. The number of sulfonamides is 1. The average molecular weight is 613 g/mol. The number of amides is 2. The maximum atomic E-state index is 13.6. The number of hydrogen-bond acceptors (Lipinski definition) is 7. The Balaban J connectivity index is 1.35. The van der Waals surface area contributed by atoms with Crippen molar-refractivity contribution in [2.45, 2.75) is 37.7 Å². The highest BCUT2D eigenvalue weighted by Crippen LogP contribution is 2.30. The Kier molecular flexibility index (Phi) is 10.6. The van der Waals surface area contributed by atoms with E-state index in [0.717, 1.165) is 29.3 Å². The van der Waals surface area contributed by atoms with Gasteiger partial charge in [-0.05, 0) is 86.3 Å². The van der Waals surface area contributed by atoms with E-state index in [1.165, 1.54) is 18.3 Å². The first-order chi connectivity index (χ1) is 20.1. The van der Waals surface area contributed by atoms with E-state index in [0.29, 0.717) is 34.1 Å². The minimum absolute atomic E-state index is 0.0476. The van der Waals surface area contributed by atoms with Gasteiger partial charge < -0.3 is 14.8 Å². The van der Waals surface area contributed by atoms with Crippen LogP contribution in [0.3, 0.4) is 0 Å². The SMILES string of the molecule is Cc1ccc(S(=O)(=O)N(CC(=O)N/N=C\c2ccc(OCC(=O)NC[C@@H]3CCCO3)cc2)c2cccc(Cl)c2C)cc1. The molecule has 1 aliphatic rings. The summed E-state index contributed by atoms with van der Waals surface area (Å²) in [7, 11) is -4.09. The van der Waals surface area contributed by atoms with Gasteiger partial charge in [0.2, 0.25) is 0 Å². The molecule has 1 aliphatic heterocycles. The number of hydrazone groups is 1. The lowest BCUT2D eigenvalue weighted by atomic mass is 10.2. The van der Waals surface area contributed by atoms with Crippen LogP contribution in [0.2, 0.25) is 5.02 Å². The summed E-state index contributed by atoms with van der Waals surface area (Å²) in [6.45, 7) is 4.11. The van der Waals surface area contributed by atoms with Crippen molar-refractivity contribution in [3.8, 4) is 5.75 Å². The molecule has 0 bridgehead atoms. The number of carbonyl (C=O) groups excluding carboxylic acids is 2. The Morgan fingerprint density at radius 2 is 1.81 bits per heavy atom. The summed E-state index contributed by atoms with van der Waals surface area (Å²) < 4.78 is 39.2. The second-order valence-corrected chi connectivity index (χ2v) is 12.1. The molecule has 2 amide bonds. The predicted molar refractivity (Wildman–Crippen MR) is 162 cm³/mol. The number of hydrogen-bond donors (Lipinski definition) is 2. The molecule has 0 unspecified atom stereocenters. The quantitative estimate of drug-likeness (QED) is 0.235. The molecule has 0 aromatic heterocycles. The lowest BCUT2D eigenvalue weighted by Gasteiger charge is -2.25. The van der Waals surface area contributed by atoms with E-state index in [9.17, 15) is 18.0 Å². The molecule has 2 N–H and O–H groups in total. The van der Waals surface area contributed by atoms with E-state index in [4.69, 9.17) is 21.1 Å². The van der Waals surface area contributed by atoms with Crippen LogP contribution in [-0.2, 0) is 24.3 Å². The Morgan fingerprint density at radius 1 is 1.07 bits per heavy atom. The van der Waals surface area contributed by atoms with Gasteiger partial charge in [0.05, 0.1) is 22.9 Å². The number of carbonyl (C=O) groups is 2. The number of aryl methyl sites for hydroxylation is 1. The largest absolute Gasteiger partial charge is 0.484 e. The summed E-state index contributed by atoms with van der Waals surface area (Å²) in [5.41, 5.74) is 4.76. The second kappa shape index (κ2) is 14.3. The number of nitrogens with one attached hydrogen (secondary N) is 2. The third kappa shape index (κ3) is 8.31. The smallest absolute Gasteiger partial charge is 0.264 e. The van der Waals surface area contributed by atoms with Gasteiger partial charge in [-0.1, -0.05) is 35.4 Å². The zero-order valence-electron chi connectivity index (χ0n) is 23.4. The molecule has 3 aromatic rings. The normalized spacial score (nSPS) is 15.0. The zero-order valence-corrected chi connectivity index (χ0v) is 25.0. The first-order valence-electron chi connectivity index (χ1n) is 13.4. The summed E-state index contributed by atoms with van der Waals surface area (Å²) in [4.78, 5) is 24.9. The molecule has 3 aromatic carbocycles. The van der Waals surface area contributed by atoms with Gasteiger partial charge in [0.1, 0.15) is 12.3 Å². The number of halogens is 1. The highest BCUT2D eigenvalue weighted by atomic mass is 35.5. The van der Waals surface area contributed by atoms with Gasteiger partial charge in [0, 0.05) is 18.2 Å². The van der Waals surface area contributed by atoms with E-state index in [1.807, 2.05) is 6.92 Å². The molecule has 1 atom stereocenters. The number of rotatable bonds is 12. The third-order valence-corrected chi connectivity index (χ3v) is 8.79. The minimum Gasteiger partial charge on any atom is -0.484 e. The van der Waals surface area contributed by atoms with Crippen molar-refractivity contribution < 1.29 is 27.5 Å². The van der Waals surface area contributed by atoms with Crippen LogP contribution in [0.15, 0.2) is 76.7 Å². The molecular formula is C30H33ClN4O6S. The minimum atomic E-state index is -4.09. The molecular weight excluding hydrogens is 580 g/mol. The van der Waals surface area contributed by atoms with Gasteiger partial charge in [-0.2, -0.15) is 5.10 Å². The predicted octanol–water partition coefficient (Wildman–Crippen LogP) is 3.98. The van der Waals surface area contributed by atoms with Crippen molar-refractivity contribution in [2.75, 3.05) is 30.6 Å². The van der Waals surface area contributed by atoms with E-state index >= 15 is 0 Å². The molecule has 0 saturated carbocycles. The first-order valence-corrected chi connectivity index (χ1v) is 15.2. The molecule has 12 heteroatoms. The van der Waals surface area contributed by atoms with Crippen LogP contribution in [0.25, 0.3) is 0 Å². The molecule has 10 nitrogen and oxygen atoms in total. The van der Waals surface area contributed by atoms with Crippen molar-refractivity contribution >= 4 is 45.3 Å². The lowest BCUT2D eigenvalue weighted by molar-refractivity contribution is -0.123. The van der Waals surface area contributed by atoms with Gasteiger partial charge in [0.25, 0.3) is 21.8 Å². The van der Waals surface area contributed by atoms with Crippen LogP contribution in [0.5, 0.6) is 5.75 Å². The molecule has 0 radical (unpaired) electrons. The van der Waals surface area contributed by atoms with Crippen LogP contribution in [0.4, 0.5) is 5.69 Å². The number of benzene rings is 3. The topological polar surface area (TPSA) is 126 Å². The van der Waals surface area contributed by atoms with Gasteiger partial charge in [-0.25, -0.2) is 13.8 Å². The number of nitrogens with zero attached hydrogens (tertiary/aromatic N) is 2. The third-order valence-electron chi connectivity index (χ3n) is 6.61. The van der Waals surface area contributed by atoms with Crippen molar-refractivity contribution in [2.24, 2.45) is 5.10 Å². The van der Waals surface area contributed by atoms with Crippen LogP contribution < -0.4 is 19.8 Å². The molecule has 1 saturated heterocycles. The average Bonchev–Trinajstić information content (AvgIpc) is 3.50. The van der Waals surface area contributed by atoms with Crippen molar-refractivity contribution in [1.82, 2.24) is 10.7 Å². The van der Waals surface area contributed by atoms with E-state index < -0.39 is 22.5 Å². The second-order valence-electron chi connectivity index (χ2n) is 9.80. The Bertz CT molecular complexity index is 1520. The van der Waals surface area contributed by atoms with Gasteiger partial charge in [0.15, 0.2) is 6.61 Å². The van der Waals surface area contributed by atoms with E-state index in [-0.39, 0.29) is 23.5 Å². The summed E-state index contributed by atoms with van der Waals surface area (Å²) in [5, 5.41) is 7.15. The van der Waals surface area contributed by atoms with Crippen LogP contribution in [-0.4, -0.2) is 58.9 Å². The fraction of sp³-hybridized carbons (Fsp3) is 0.300. The van der Waals surface area contributed by atoms with Crippen molar-refractivity contribution in [1.29, 1.82) is 0 Å². The first kappa shape index (κ1) is 31.0. The highest BCUT2D eigenvalue weighted by molar-refractivity contribution is 7.92. The molecule has 0 aliphatic carbocycles. The Morgan fingerprint density at radius 3 is 2.50 bits per heavy atom. The monoisotopic (exact) mass is 612 g/mol. The molecule has 1 fully saturated rings. The fourth-order valence-corrected chi connectivity index (χ4v) is 5.88. The van der Waals surface area contributed by atoms with Crippen molar-refractivity contribution in [3.63, 3.8) is 0 Å². The number of anilines is 1. The summed E-state index contributed by atoms with van der Waals surface area (Å²) >= 11 is 6.27. The van der Waals surface area contributed by atoms with E-state index in [2.05, 4.69) is 15.8 Å². The van der Waals surface area contributed by atoms with Crippen LogP contribution in [0, 0.1) is 13.8 Å². The summed E-state index contributed by atoms with van der Waals surface area (Å²) in [5.74, 6) is -0.377. The Labute approximate surface area is 250 Å².